The van der Waals surface area contributed by atoms with Crippen molar-refractivity contribution in [2.45, 2.75) is 18.9 Å². The summed E-state index contributed by atoms with van der Waals surface area (Å²) in [6.07, 6.45) is 5.11. The molecule has 30 heavy (non-hydrogen) atoms. The van der Waals surface area contributed by atoms with E-state index in [1.54, 1.807) is 16.7 Å². The fraction of sp³-hybridized carbons (Fsp3) is 0.333. The lowest BCUT2D eigenvalue weighted by molar-refractivity contribution is -0.132. The Bertz CT molecular complexity index is 1070. The molecule has 0 spiro atoms. The zero-order chi connectivity index (χ0) is 21.1. The number of carbonyl (C=O) groups is 2. The molecular formula is C21H22BrN5O2S. The second-order valence-electron chi connectivity index (χ2n) is 7.14. The standard InChI is InChI=1S/C21H22BrN5O2S/c1-30-12-9-17(19-25-24-18-7-2-3-10-27(18)19)23-20(28)16-8-11-26(21(16)29)15-6-4-5-14(22)13-15/h2-7,10,13,16-17H,8-9,11-12H2,1H3,(H,23,28). The van der Waals surface area contributed by atoms with Crippen molar-refractivity contribution in [2.24, 2.45) is 5.92 Å². The zero-order valence-corrected chi connectivity index (χ0v) is 18.9. The number of hydrogen-bond donors (Lipinski definition) is 1. The first-order valence-corrected chi connectivity index (χ1v) is 11.9. The summed E-state index contributed by atoms with van der Waals surface area (Å²) in [7, 11) is 0. The molecule has 0 radical (unpaired) electrons. The third-order valence-corrected chi connectivity index (χ3v) is 6.36. The van der Waals surface area contributed by atoms with E-state index in [0.717, 1.165) is 21.6 Å². The van der Waals surface area contributed by atoms with Gasteiger partial charge >= 0.3 is 0 Å². The highest BCUT2D eigenvalue weighted by molar-refractivity contribution is 9.10. The molecule has 7 nitrogen and oxygen atoms in total. The summed E-state index contributed by atoms with van der Waals surface area (Å²) in [4.78, 5) is 27.7. The van der Waals surface area contributed by atoms with E-state index in [4.69, 9.17) is 0 Å². The molecule has 1 aromatic carbocycles. The number of pyridine rings is 1. The van der Waals surface area contributed by atoms with E-state index in [1.165, 1.54) is 0 Å². The first-order chi connectivity index (χ1) is 14.6. The topological polar surface area (TPSA) is 79.6 Å². The van der Waals surface area contributed by atoms with Gasteiger partial charge in [-0.05, 0) is 55.2 Å². The lowest BCUT2D eigenvalue weighted by Gasteiger charge is -2.20. The second kappa shape index (κ2) is 9.18. The Labute approximate surface area is 187 Å². The highest BCUT2D eigenvalue weighted by atomic mass is 79.9. The molecule has 2 amide bonds. The Kier molecular flexibility index (Phi) is 6.38. The molecule has 0 bridgehead atoms. The third-order valence-electron chi connectivity index (χ3n) is 5.22. The highest BCUT2D eigenvalue weighted by Crippen LogP contribution is 2.28. The van der Waals surface area contributed by atoms with E-state index < -0.39 is 5.92 Å². The summed E-state index contributed by atoms with van der Waals surface area (Å²) in [5.74, 6) is 0.425. The lowest BCUT2D eigenvalue weighted by Crippen LogP contribution is -2.39. The predicted molar refractivity (Wildman–Crippen MR) is 121 cm³/mol. The number of halogens is 1. The molecule has 3 aromatic rings. The van der Waals surface area contributed by atoms with Crippen molar-refractivity contribution in [3.05, 3.63) is 59.0 Å². The minimum atomic E-state index is -0.694. The maximum absolute atomic E-state index is 13.1. The van der Waals surface area contributed by atoms with Crippen LogP contribution in [0.5, 0.6) is 0 Å². The van der Waals surface area contributed by atoms with Gasteiger partial charge in [0.25, 0.3) is 0 Å². The van der Waals surface area contributed by atoms with Crippen LogP contribution in [-0.2, 0) is 9.59 Å². The fourth-order valence-corrected chi connectivity index (χ4v) is 4.55. The van der Waals surface area contributed by atoms with Gasteiger partial charge in [0.2, 0.25) is 11.8 Å². The van der Waals surface area contributed by atoms with Gasteiger partial charge in [-0.3, -0.25) is 14.0 Å². The van der Waals surface area contributed by atoms with E-state index in [-0.39, 0.29) is 17.9 Å². The molecule has 156 valence electrons. The van der Waals surface area contributed by atoms with E-state index in [0.29, 0.717) is 25.2 Å². The number of nitrogens with zero attached hydrogens (tertiary/aromatic N) is 4. The van der Waals surface area contributed by atoms with Crippen molar-refractivity contribution in [1.82, 2.24) is 19.9 Å². The van der Waals surface area contributed by atoms with Crippen LogP contribution < -0.4 is 10.2 Å². The van der Waals surface area contributed by atoms with Crippen LogP contribution in [0.15, 0.2) is 53.1 Å². The van der Waals surface area contributed by atoms with Crippen LogP contribution in [-0.4, -0.2) is 45.0 Å². The molecule has 3 heterocycles. The summed E-state index contributed by atoms with van der Waals surface area (Å²) >= 11 is 5.14. The third kappa shape index (κ3) is 4.22. The van der Waals surface area contributed by atoms with E-state index >= 15 is 0 Å². The zero-order valence-electron chi connectivity index (χ0n) is 16.5. The Morgan fingerprint density at radius 2 is 2.17 bits per heavy atom. The lowest BCUT2D eigenvalue weighted by atomic mass is 10.1. The summed E-state index contributed by atoms with van der Waals surface area (Å²) in [5, 5.41) is 11.6. The number of benzene rings is 1. The Balaban J connectivity index is 1.52. The smallest absolute Gasteiger partial charge is 0.239 e. The minimum Gasteiger partial charge on any atom is -0.345 e. The van der Waals surface area contributed by atoms with Gasteiger partial charge in [-0.2, -0.15) is 11.8 Å². The average molecular weight is 488 g/mol. The second-order valence-corrected chi connectivity index (χ2v) is 9.04. The molecule has 1 aliphatic heterocycles. The van der Waals surface area contributed by atoms with Crippen molar-refractivity contribution in [3.63, 3.8) is 0 Å². The molecule has 0 aliphatic carbocycles. The maximum atomic E-state index is 13.1. The number of hydrogen-bond acceptors (Lipinski definition) is 5. The van der Waals surface area contributed by atoms with E-state index in [1.807, 2.05) is 59.3 Å². The van der Waals surface area contributed by atoms with Crippen molar-refractivity contribution in [3.8, 4) is 0 Å². The van der Waals surface area contributed by atoms with Crippen LogP contribution in [0.4, 0.5) is 5.69 Å². The predicted octanol–water partition coefficient (Wildman–Crippen LogP) is 3.46. The van der Waals surface area contributed by atoms with Gasteiger partial charge in [0, 0.05) is 22.9 Å². The number of rotatable bonds is 7. The van der Waals surface area contributed by atoms with Crippen LogP contribution in [0.3, 0.4) is 0 Å². The monoisotopic (exact) mass is 487 g/mol. The quantitative estimate of drug-likeness (QED) is 0.516. The van der Waals surface area contributed by atoms with Crippen molar-refractivity contribution < 1.29 is 9.59 Å². The molecule has 1 fully saturated rings. The minimum absolute atomic E-state index is 0.166. The maximum Gasteiger partial charge on any atom is 0.239 e. The van der Waals surface area contributed by atoms with Crippen molar-refractivity contribution in [2.75, 3.05) is 23.5 Å². The molecule has 1 N–H and O–H groups in total. The molecule has 1 saturated heterocycles. The van der Waals surface area contributed by atoms with Crippen LogP contribution in [0.2, 0.25) is 0 Å². The number of fused-ring (bicyclic) bond motifs is 1. The average Bonchev–Trinajstić information content (AvgIpc) is 3.35. The summed E-state index contributed by atoms with van der Waals surface area (Å²) < 4.78 is 2.78. The number of anilines is 1. The van der Waals surface area contributed by atoms with Gasteiger partial charge in [0.15, 0.2) is 11.5 Å². The normalized spacial score (nSPS) is 17.5. The fourth-order valence-electron chi connectivity index (χ4n) is 3.69. The van der Waals surface area contributed by atoms with Gasteiger partial charge in [-0.25, -0.2) is 0 Å². The van der Waals surface area contributed by atoms with E-state index in [2.05, 4.69) is 31.4 Å². The molecule has 2 aromatic heterocycles. The van der Waals surface area contributed by atoms with Crippen molar-refractivity contribution in [1.29, 1.82) is 0 Å². The summed E-state index contributed by atoms with van der Waals surface area (Å²) in [6.45, 7) is 0.525. The molecule has 0 saturated carbocycles. The largest absolute Gasteiger partial charge is 0.345 e. The first-order valence-electron chi connectivity index (χ1n) is 9.74. The molecule has 4 rings (SSSR count). The first kappa shape index (κ1) is 20.9. The molecular weight excluding hydrogens is 466 g/mol. The van der Waals surface area contributed by atoms with Crippen LogP contribution >= 0.6 is 27.7 Å². The number of nitrogens with one attached hydrogen (secondary N) is 1. The van der Waals surface area contributed by atoms with Gasteiger partial charge in [0.05, 0.1) is 6.04 Å². The molecule has 2 unspecified atom stereocenters. The van der Waals surface area contributed by atoms with Crippen LogP contribution in [0, 0.1) is 5.92 Å². The van der Waals surface area contributed by atoms with Crippen LogP contribution in [0.25, 0.3) is 5.65 Å². The summed E-state index contributed by atoms with van der Waals surface area (Å²) in [6, 6.07) is 12.9. The van der Waals surface area contributed by atoms with Crippen molar-refractivity contribution >= 4 is 50.8 Å². The number of aromatic nitrogens is 3. The number of carbonyl (C=O) groups excluding carboxylic acids is 2. The SMILES string of the molecule is CSCCC(NC(=O)C1CCN(c2cccc(Br)c2)C1=O)c1nnc2ccccn12. The number of amides is 2. The van der Waals surface area contributed by atoms with Crippen LogP contribution in [0.1, 0.15) is 24.7 Å². The summed E-state index contributed by atoms with van der Waals surface area (Å²) in [5.41, 5.74) is 1.53. The Morgan fingerprint density at radius 3 is 2.97 bits per heavy atom. The Morgan fingerprint density at radius 1 is 1.30 bits per heavy atom. The van der Waals surface area contributed by atoms with Gasteiger partial charge < -0.3 is 10.2 Å². The van der Waals surface area contributed by atoms with Gasteiger partial charge in [0.1, 0.15) is 5.92 Å². The highest BCUT2D eigenvalue weighted by Gasteiger charge is 2.38. The number of thioether (sulfide) groups is 1. The van der Waals surface area contributed by atoms with E-state index in [9.17, 15) is 9.59 Å². The van der Waals surface area contributed by atoms with Gasteiger partial charge in [-0.1, -0.05) is 28.1 Å². The molecule has 2 atom stereocenters. The Hall–Kier alpha value is -2.39. The van der Waals surface area contributed by atoms with Gasteiger partial charge in [-0.15, -0.1) is 10.2 Å². The molecule has 9 heteroatoms. The molecule has 1 aliphatic rings.